The molecule has 0 aromatic heterocycles. The number of rotatable bonds is 8. The summed E-state index contributed by atoms with van der Waals surface area (Å²) >= 11 is 3.67. The Hall–Kier alpha value is -2.46. The minimum Gasteiger partial charge on any atom is -0.482 e. The molecule has 0 amide bonds. The largest absolute Gasteiger partial charge is 0.482 e. The highest BCUT2D eigenvalue weighted by molar-refractivity contribution is 14.1. The Bertz CT molecular complexity index is 1110. The maximum atomic E-state index is 13.2. The smallest absolute Gasteiger partial charge is 0.416 e. The fraction of sp³-hybridized carbons (Fsp3) is 0.125. The van der Waals surface area contributed by atoms with E-state index in [1.165, 1.54) is 23.9 Å². The lowest BCUT2D eigenvalue weighted by Crippen LogP contribution is -2.09. The van der Waals surface area contributed by atoms with Gasteiger partial charge in [0.15, 0.2) is 6.61 Å². The highest BCUT2D eigenvalue weighted by atomic mass is 127. The van der Waals surface area contributed by atoms with E-state index in [0.717, 1.165) is 25.7 Å². The third-order valence-electron chi connectivity index (χ3n) is 4.38. The van der Waals surface area contributed by atoms with Gasteiger partial charge in [-0.15, -0.1) is 11.8 Å². The topological polar surface area (TPSA) is 46.5 Å². The predicted octanol–water partition coefficient (Wildman–Crippen LogP) is 7.00. The number of hydrogen-bond acceptors (Lipinski definition) is 3. The Labute approximate surface area is 201 Å². The van der Waals surface area contributed by atoms with Crippen LogP contribution in [-0.4, -0.2) is 23.4 Å². The van der Waals surface area contributed by atoms with Crippen molar-refractivity contribution in [3.63, 3.8) is 0 Å². The predicted molar refractivity (Wildman–Crippen MR) is 128 cm³/mol. The summed E-state index contributed by atoms with van der Waals surface area (Å²) in [7, 11) is 0. The fourth-order valence-electron chi connectivity index (χ4n) is 2.93. The number of alkyl halides is 3. The molecule has 32 heavy (non-hydrogen) atoms. The molecule has 3 nitrogen and oxygen atoms in total. The molecule has 0 aliphatic rings. The van der Waals surface area contributed by atoms with E-state index in [2.05, 4.69) is 22.6 Å². The number of aliphatic carboxylic acids is 1. The van der Waals surface area contributed by atoms with Crippen LogP contribution in [0.25, 0.3) is 5.57 Å². The number of carboxylic acid groups (broad SMARTS) is 1. The Morgan fingerprint density at radius 2 is 1.72 bits per heavy atom. The Morgan fingerprint density at radius 1 is 1.00 bits per heavy atom. The monoisotopic (exact) mass is 570 g/mol. The van der Waals surface area contributed by atoms with Gasteiger partial charge in [-0.05, 0) is 69.6 Å². The van der Waals surface area contributed by atoms with Crippen molar-refractivity contribution in [1.29, 1.82) is 0 Å². The van der Waals surface area contributed by atoms with Crippen molar-refractivity contribution in [2.24, 2.45) is 0 Å². The van der Waals surface area contributed by atoms with Crippen LogP contribution in [0, 0.1) is 3.57 Å². The molecular weight excluding hydrogens is 552 g/mol. The average Bonchev–Trinajstić information content (AvgIpc) is 2.76. The van der Waals surface area contributed by atoms with Gasteiger partial charge in [0.25, 0.3) is 0 Å². The highest BCUT2D eigenvalue weighted by Crippen LogP contribution is 2.34. The molecule has 3 rings (SSSR count). The summed E-state index contributed by atoms with van der Waals surface area (Å²) in [5.74, 6) is -0.0523. The zero-order chi connectivity index (χ0) is 23.1. The number of hydrogen-bond donors (Lipinski definition) is 1. The van der Waals surface area contributed by atoms with Crippen LogP contribution in [0.15, 0.2) is 83.8 Å². The molecule has 0 fully saturated rings. The van der Waals surface area contributed by atoms with Crippen molar-refractivity contribution in [1.82, 2.24) is 0 Å². The normalized spacial score (nSPS) is 11.9. The van der Waals surface area contributed by atoms with E-state index in [-0.39, 0.29) is 0 Å². The van der Waals surface area contributed by atoms with Crippen molar-refractivity contribution < 1.29 is 27.8 Å². The molecule has 0 unspecified atom stereocenters. The third-order valence-corrected chi connectivity index (χ3v) is 6.64. The second-order valence-electron chi connectivity index (χ2n) is 6.65. The van der Waals surface area contributed by atoms with Crippen molar-refractivity contribution in [2.45, 2.75) is 11.1 Å². The van der Waals surface area contributed by atoms with Gasteiger partial charge in [0.2, 0.25) is 0 Å². The Kier molecular flexibility index (Phi) is 8.25. The van der Waals surface area contributed by atoms with Gasteiger partial charge in [-0.3, -0.25) is 0 Å². The molecule has 0 spiro atoms. The molecule has 3 aromatic rings. The van der Waals surface area contributed by atoms with Gasteiger partial charge in [0.05, 0.1) is 5.56 Å². The molecule has 0 saturated carbocycles. The first-order valence-corrected chi connectivity index (χ1v) is 11.5. The lowest BCUT2D eigenvalue weighted by atomic mass is 9.96. The summed E-state index contributed by atoms with van der Waals surface area (Å²) in [5, 5.41) is 8.72. The van der Waals surface area contributed by atoms with E-state index in [1.54, 1.807) is 18.2 Å². The minimum atomic E-state index is -4.41. The molecule has 0 heterocycles. The van der Waals surface area contributed by atoms with Crippen LogP contribution in [0.2, 0.25) is 0 Å². The van der Waals surface area contributed by atoms with Gasteiger partial charge in [-0.25, -0.2) is 4.79 Å². The molecule has 0 bridgehead atoms. The number of halogens is 4. The maximum absolute atomic E-state index is 13.2. The Balaban J connectivity index is 1.83. The van der Waals surface area contributed by atoms with Gasteiger partial charge in [-0.1, -0.05) is 48.5 Å². The molecule has 0 aliphatic carbocycles. The SMILES string of the molecule is O=C(O)COc1ccc(SCC=C(c2ccccc2)c2cccc(C(F)(F)F)c2)c(I)c1. The number of carbonyl (C=O) groups is 1. The van der Waals surface area contributed by atoms with E-state index in [1.807, 2.05) is 42.5 Å². The summed E-state index contributed by atoms with van der Waals surface area (Å²) in [6.07, 6.45) is -2.49. The molecule has 0 radical (unpaired) electrons. The lowest BCUT2D eigenvalue weighted by Gasteiger charge is -2.13. The quantitative estimate of drug-likeness (QED) is 0.234. The molecule has 8 heteroatoms. The highest BCUT2D eigenvalue weighted by Gasteiger charge is 2.30. The number of benzene rings is 3. The summed E-state index contributed by atoms with van der Waals surface area (Å²) in [4.78, 5) is 11.6. The summed E-state index contributed by atoms with van der Waals surface area (Å²) < 4.78 is 45.7. The van der Waals surface area contributed by atoms with Crippen LogP contribution in [0.1, 0.15) is 16.7 Å². The molecule has 166 valence electrons. The molecule has 1 N–H and O–H groups in total. The van der Waals surface area contributed by atoms with E-state index in [0.29, 0.717) is 17.1 Å². The zero-order valence-corrected chi connectivity index (χ0v) is 19.6. The van der Waals surface area contributed by atoms with E-state index in [9.17, 15) is 18.0 Å². The van der Waals surface area contributed by atoms with Crippen molar-refractivity contribution in [3.05, 3.63) is 99.1 Å². The van der Waals surface area contributed by atoms with Crippen LogP contribution in [-0.2, 0) is 11.0 Å². The van der Waals surface area contributed by atoms with Gasteiger partial charge < -0.3 is 9.84 Å². The second-order valence-corrected chi connectivity index (χ2v) is 8.87. The maximum Gasteiger partial charge on any atom is 0.416 e. The van der Waals surface area contributed by atoms with Gasteiger partial charge in [0, 0.05) is 14.2 Å². The van der Waals surface area contributed by atoms with E-state index < -0.39 is 24.3 Å². The summed E-state index contributed by atoms with van der Waals surface area (Å²) in [5.41, 5.74) is 1.37. The van der Waals surface area contributed by atoms with E-state index in [4.69, 9.17) is 9.84 Å². The standard InChI is InChI=1S/C24H18F3IO3S/c25-24(26,27)18-8-4-7-17(13-18)20(16-5-2-1-3-6-16)11-12-32-22-10-9-19(14-21(22)28)31-15-23(29)30/h1-11,13-14H,12,15H2,(H,29,30). The van der Waals surface area contributed by atoms with Gasteiger partial charge in [-0.2, -0.15) is 13.2 Å². The molecule has 0 aliphatic heterocycles. The first-order valence-electron chi connectivity index (χ1n) is 9.44. The van der Waals surface area contributed by atoms with E-state index >= 15 is 0 Å². The van der Waals surface area contributed by atoms with Gasteiger partial charge >= 0.3 is 12.1 Å². The second kappa shape index (κ2) is 10.9. The van der Waals surface area contributed by atoms with Crippen molar-refractivity contribution in [2.75, 3.05) is 12.4 Å². The number of ether oxygens (including phenoxy) is 1. The summed E-state index contributed by atoms with van der Waals surface area (Å²) in [6, 6.07) is 19.9. The van der Waals surface area contributed by atoms with Crippen LogP contribution < -0.4 is 4.74 Å². The van der Waals surface area contributed by atoms with Crippen LogP contribution >= 0.6 is 34.4 Å². The summed E-state index contributed by atoms with van der Waals surface area (Å²) in [6.45, 7) is -0.414. The molecular formula is C24H18F3IO3S. The third kappa shape index (κ3) is 6.77. The minimum absolute atomic E-state index is 0.414. The van der Waals surface area contributed by atoms with Crippen LogP contribution in [0.4, 0.5) is 13.2 Å². The van der Waals surface area contributed by atoms with Gasteiger partial charge in [0.1, 0.15) is 5.75 Å². The Morgan fingerprint density at radius 3 is 2.38 bits per heavy atom. The molecule has 0 atom stereocenters. The number of carboxylic acids is 1. The van der Waals surface area contributed by atoms with Crippen LogP contribution in [0.3, 0.4) is 0 Å². The molecule has 3 aromatic carbocycles. The zero-order valence-electron chi connectivity index (χ0n) is 16.6. The molecule has 0 saturated heterocycles. The first kappa shape index (κ1) is 24.2. The lowest BCUT2D eigenvalue weighted by molar-refractivity contribution is -0.139. The van der Waals surface area contributed by atoms with Crippen molar-refractivity contribution >= 4 is 45.9 Å². The number of thioether (sulfide) groups is 1. The average molecular weight is 570 g/mol. The van der Waals surface area contributed by atoms with Crippen LogP contribution in [0.5, 0.6) is 5.75 Å². The fourth-order valence-corrected chi connectivity index (χ4v) is 4.68. The van der Waals surface area contributed by atoms with Crippen molar-refractivity contribution in [3.8, 4) is 5.75 Å². The first-order chi connectivity index (χ1) is 15.2.